The molecule has 0 aliphatic heterocycles. The van der Waals surface area contributed by atoms with E-state index in [-0.39, 0.29) is 18.2 Å². The summed E-state index contributed by atoms with van der Waals surface area (Å²) in [5.74, 6) is -0.397. The molecule has 0 bridgehead atoms. The van der Waals surface area contributed by atoms with Gasteiger partial charge in [0.25, 0.3) is 0 Å². The molecule has 4 aromatic rings. The van der Waals surface area contributed by atoms with Gasteiger partial charge in [-0.1, -0.05) is 84.1 Å². The third-order valence-electron chi connectivity index (χ3n) is 6.69. The predicted molar refractivity (Wildman–Crippen MR) is 144 cm³/mol. The van der Waals surface area contributed by atoms with Crippen LogP contribution in [0.15, 0.2) is 78.9 Å². The summed E-state index contributed by atoms with van der Waals surface area (Å²) in [4.78, 5) is 13.2. The minimum absolute atomic E-state index is 0.205. The average molecular weight is 496 g/mol. The number of rotatable bonds is 5. The zero-order valence-electron chi connectivity index (χ0n) is 22.1. The molecule has 0 N–H and O–H groups in total. The largest absolute Gasteiger partial charge is 0.459 e. The summed E-state index contributed by atoms with van der Waals surface area (Å²) in [6.45, 7) is 10.1. The fourth-order valence-corrected chi connectivity index (χ4v) is 4.81. The lowest BCUT2D eigenvalue weighted by Gasteiger charge is -2.32. The molecule has 0 fully saturated rings. The molecular formula is C31H33N3O3. The maximum atomic E-state index is 13.2. The number of carbonyl (C=O) groups excluding carboxylic acids is 1. The highest BCUT2D eigenvalue weighted by molar-refractivity contribution is 5.83. The molecule has 190 valence electrons. The van der Waals surface area contributed by atoms with Gasteiger partial charge in [-0.15, -0.1) is 5.10 Å². The molecule has 1 aliphatic rings. The molecule has 0 radical (unpaired) electrons. The summed E-state index contributed by atoms with van der Waals surface area (Å²) in [7, 11) is 0. The van der Waals surface area contributed by atoms with E-state index in [4.69, 9.17) is 9.47 Å². The summed E-state index contributed by atoms with van der Waals surface area (Å²) < 4.78 is 14.3. The van der Waals surface area contributed by atoms with Crippen LogP contribution in [0.1, 0.15) is 57.4 Å². The molecule has 1 unspecified atom stereocenters. The van der Waals surface area contributed by atoms with Crippen LogP contribution >= 0.6 is 0 Å². The smallest absolute Gasteiger partial charge is 0.338 e. The summed E-state index contributed by atoms with van der Waals surface area (Å²) in [6, 6.07) is 26.1. The van der Waals surface area contributed by atoms with E-state index in [0.29, 0.717) is 6.42 Å². The lowest BCUT2D eigenvalue weighted by Crippen LogP contribution is -2.38. The summed E-state index contributed by atoms with van der Waals surface area (Å²) in [5, 5.41) is 9.23. The van der Waals surface area contributed by atoms with E-state index in [1.165, 1.54) is 0 Å². The molecule has 1 aliphatic carbocycles. The standard InChI is InChI=1S/C31H33N3O3/c1-30(2,3)34-28-25-18-12-11-17-24(25)26(19-22-15-9-10-16-23(22)27(28)32-33-34)37-31(4,5)29(35)36-20-21-13-7-6-8-14-21/h6-18,26H,19-20H2,1-5H3. The maximum Gasteiger partial charge on any atom is 0.338 e. The highest BCUT2D eigenvalue weighted by Gasteiger charge is 2.37. The van der Waals surface area contributed by atoms with Crippen LogP contribution in [0.2, 0.25) is 0 Å². The van der Waals surface area contributed by atoms with Crippen LogP contribution in [0, 0.1) is 0 Å². The molecule has 6 nitrogen and oxygen atoms in total. The van der Waals surface area contributed by atoms with E-state index in [1.807, 2.05) is 59.3 Å². The highest BCUT2D eigenvalue weighted by Crippen LogP contribution is 2.44. The van der Waals surface area contributed by atoms with Crippen LogP contribution in [0.25, 0.3) is 22.5 Å². The number of nitrogens with zero attached hydrogens (tertiary/aromatic N) is 3. The maximum absolute atomic E-state index is 13.2. The van der Waals surface area contributed by atoms with E-state index < -0.39 is 11.6 Å². The molecule has 0 saturated heterocycles. The first-order chi connectivity index (χ1) is 17.6. The second kappa shape index (κ2) is 9.60. The van der Waals surface area contributed by atoms with Crippen LogP contribution in [-0.4, -0.2) is 26.6 Å². The fourth-order valence-electron chi connectivity index (χ4n) is 4.81. The van der Waals surface area contributed by atoms with Crippen molar-refractivity contribution in [3.63, 3.8) is 0 Å². The molecule has 37 heavy (non-hydrogen) atoms. The zero-order chi connectivity index (χ0) is 26.2. The topological polar surface area (TPSA) is 66.2 Å². The number of esters is 1. The van der Waals surface area contributed by atoms with Crippen LogP contribution in [0.3, 0.4) is 0 Å². The first-order valence-electron chi connectivity index (χ1n) is 12.7. The molecular weight excluding hydrogens is 462 g/mol. The van der Waals surface area contributed by atoms with Crippen molar-refractivity contribution < 1.29 is 14.3 Å². The summed E-state index contributed by atoms with van der Waals surface area (Å²) in [6.07, 6.45) is 0.206. The van der Waals surface area contributed by atoms with E-state index >= 15 is 0 Å². The number of fused-ring (bicyclic) bond motifs is 5. The van der Waals surface area contributed by atoms with Gasteiger partial charge in [0, 0.05) is 17.5 Å². The molecule has 1 heterocycles. The fraction of sp³-hybridized carbons (Fsp3) is 0.323. The number of carbonyl (C=O) groups is 1. The van der Waals surface area contributed by atoms with Gasteiger partial charge in [-0.3, -0.25) is 0 Å². The SMILES string of the molecule is CC(C)(OC1Cc2ccccc2-c2nnn(C(C)(C)C)c2-c2ccccc21)C(=O)OCc1ccccc1. The van der Waals surface area contributed by atoms with Gasteiger partial charge in [0.1, 0.15) is 12.3 Å². The highest BCUT2D eigenvalue weighted by atomic mass is 16.6. The van der Waals surface area contributed by atoms with Gasteiger partial charge in [0.15, 0.2) is 5.60 Å². The van der Waals surface area contributed by atoms with Crippen LogP contribution in [0.5, 0.6) is 0 Å². The number of hydrogen-bond donors (Lipinski definition) is 0. The van der Waals surface area contributed by atoms with Gasteiger partial charge in [-0.25, -0.2) is 9.48 Å². The van der Waals surface area contributed by atoms with Gasteiger partial charge < -0.3 is 9.47 Å². The second-order valence-corrected chi connectivity index (χ2v) is 11.0. The first-order valence-corrected chi connectivity index (χ1v) is 12.7. The Labute approximate surface area is 218 Å². The Kier molecular flexibility index (Phi) is 6.46. The van der Waals surface area contributed by atoms with Crippen molar-refractivity contribution >= 4 is 5.97 Å². The van der Waals surface area contributed by atoms with Crippen LogP contribution in [-0.2, 0) is 32.8 Å². The lowest BCUT2D eigenvalue weighted by atomic mass is 9.86. The number of benzene rings is 3. The van der Waals surface area contributed by atoms with E-state index in [0.717, 1.165) is 39.2 Å². The third kappa shape index (κ3) is 4.94. The monoisotopic (exact) mass is 495 g/mol. The molecule has 0 saturated carbocycles. The predicted octanol–water partition coefficient (Wildman–Crippen LogP) is 6.50. The Balaban J connectivity index is 1.55. The van der Waals surface area contributed by atoms with Crippen molar-refractivity contribution in [3.05, 3.63) is 95.6 Å². The van der Waals surface area contributed by atoms with E-state index in [2.05, 4.69) is 55.3 Å². The molecule has 0 spiro atoms. The van der Waals surface area contributed by atoms with Crippen molar-refractivity contribution in [1.29, 1.82) is 0 Å². The van der Waals surface area contributed by atoms with Gasteiger partial charge in [-0.05, 0) is 51.3 Å². The van der Waals surface area contributed by atoms with Gasteiger partial charge >= 0.3 is 5.97 Å². The first kappa shape index (κ1) is 24.9. The summed E-state index contributed by atoms with van der Waals surface area (Å²) in [5.41, 5.74) is 5.43. The van der Waals surface area contributed by atoms with Gasteiger partial charge in [0.2, 0.25) is 0 Å². The van der Waals surface area contributed by atoms with Crippen molar-refractivity contribution in [3.8, 4) is 22.5 Å². The Morgan fingerprint density at radius 3 is 2.27 bits per heavy atom. The van der Waals surface area contributed by atoms with Crippen molar-refractivity contribution in [1.82, 2.24) is 15.0 Å². The molecule has 6 heteroatoms. The Bertz CT molecular complexity index is 1420. The molecule has 1 aromatic heterocycles. The second-order valence-electron chi connectivity index (χ2n) is 11.0. The summed E-state index contributed by atoms with van der Waals surface area (Å²) >= 11 is 0. The van der Waals surface area contributed by atoms with E-state index in [1.54, 1.807) is 13.8 Å². The average Bonchev–Trinajstić information content (AvgIpc) is 3.32. The zero-order valence-corrected chi connectivity index (χ0v) is 22.1. The minimum Gasteiger partial charge on any atom is -0.459 e. The normalized spacial score (nSPS) is 15.1. The number of aromatic nitrogens is 3. The van der Waals surface area contributed by atoms with Crippen molar-refractivity contribution in [2.45, 2.75) is 64.9 Å². The quantitative estimate of drug-likeness (QED) is 0.296. The number of ether oxygens (including phenoxy) is 2. The molecule has 5 rings (SSSR count). The number of hydrogen-bond acceptors (Lipinski definition) is 5. The van der Waals surface area contributed by atoms with Crippen LogP contribution < -0.4 is 0 Å². The van der Waals surface area contributed by atoms with Crippen molar-refractivity contribution in [2.24, 2.45) is 0 Å². The van der Waals surface area contributed by atoms with Gasteiger partial charge in [0.05, 0.1) is 17.3 Å². The lowest BCUT2D eigenvalue weighted by molar-refractivity contribution is -0.176. The van der Waals surface area contributed by atoms with Gasteiger partial charge in [-0.2, -0.15) is 0 Å². The molecule has 3 aromatic carbocycles. The molecule has 1 atom stereocenters. The minimum atomic E-state index is -1.16. The van der Waals surface area contributed by atoms with Crippen LogP contribution in [0.4, 0.5) is 0 Å². The molecule has 0 amide bonds. The van der Waals surface area contributed by atoms with Crippen molar-refractivity contribution in [2.75, 3.05) is 0 Å². The Morgan fingerprint density at radius 2 is 1.54 bits per heavy atom. The third-order valence-corrected chi connectivity index (χ3v) is 6.69. The van der Waals surface area contributed by atoms with E-state index in [9.17, 15) is 4.79 Å². The Morgan fingerprint density at radius 1 is 0.892 bits per heavy atom. The Hall–Kier alpha value is -3.77.